The van der Waals surface area contributed by atoms with Crippen LogP contribution in [0.25, 0.3) is 0 Å². The summed E-state index contributed by atoms with van der Waals surface area (Å²) in [5.74, 6) is 5.55. The lowest BCUT2D eigenvalue weighted by molar-refractivity contribution is 0.0609. The monoisotopic (exact) mass is 307 g/mol. The number of nitrogens with one attached hydrogen (secondary N) is 1. The number of hydrogen-bond acceptors (Lipinski definition) is 3. The van der Waals surface area contributed by atoms with Crippen molar-refractivity contribution in [1.82, 2.24) is 4.72 Å². The zero-order valence-corrected chi connectivity index (χ0v) is 13.0. The first-order valence-corrected chi connectivity index (χ1v) is 8.68. The van der Waals surface area contributed by atoms with Crippen LogP contribution in [0, 0.1) is 18.8 Å². The fourth-order valence-corrected chi connectivity index (χ4v) is 3.33. The van der Waals surface area contributed by atoms with Gasteiger partial charge in [-0.2, -0.15) is 4.72 Å². The number of aryl methyl sites for hydroxylation is 1. The summed E-state index contributed by atoms with van der Waals surface area (Å²) in [5, 5.41) is 10.2. The highest BCUT2D eigenvalue weighted by Crippen LogP contribution is 2.26. The van der Waals surface area contributed by atoms with E-state index in [4.69, 9.17) is 0 Å². The lowest BCUT2D eigenvalue weighted by Gasteiger charge is -2.26. The van der Waals surface area contributed by atoms with E-state index in [-0.39, 0.29) is 11.4 Å². The Bertz CT molecular complexity index is 632. The lowest BCUT2D eigenvalue weighted by atomic mass is 9.85. The van der Waals surface area contributed by atoms with Gasteiger partial charge in [-0.05, 0) is 44.7 Å². The summed E-state index contributed by atoms with van der Waals surface area (Å²) >= 11 is 0. The maximum Gasteiger partial charge on any atom is 0.241 e. The predicted molar refractivity (Wildman–Crippen MR) is 82.2 cm³/mol. The van der Waals surface area contributed by atoms with Crippen molar-refractivity contribution in [2.75, 3.05) is 6.54 Å². The average molecular weight is 307 g/mol. The first-order chi connectivity index (χ1) is 9.91. The summed E-state index contributed by atoms with van der Waals surface area (Å²) in [7, 11) is -3.53. The second-order valence-corrected chi connectivity index (χ2v) is 7.30. The Morgan fingerprint density at radius 3 is 2.43 bits per heavy atom. The van der Waals surface area contributed by atoms with Crippen molar-refractivity contribution >= 4 is 10.0 Å². The van der Waals surface area contributed by atoms with E-state index in [0.717, 1.165) is 24.8 Å². The van der Waals surface area contributed by atoms with Crippen molar-refractivity contribution in [3.63, 3.8) is 0 Å². The van der Waals surface area contributed by atoms with E-state index in [0.29, 0.717) is 12.8 Å². The zero-order valence-electron chi connectivity index (χ0n) is 12.2. The third-order valence-corrected chi connectivity index (χ3v) is 5.10. The molecular weight excluding hydrogens is 286 g/mol. The quantitative estimate of drug-likeness (QED) is 0.839. The van der Waals surface area contributed by atoms with Crippen LogP contribution in [0.2, 0.25) is 0 Å². The van der Waals surface area contributed by atoms with Gasteiger partial charge in [0.05, 0.1) is 11.4 Å². The van der Waals surface area contributed by atoms with Crippen molar-refractivity contribution in [2.24, 2.45) is 0 Å². The summed E-state index contributed by atoms with van der Waals surface area (Å²) in [6, 6.07) is 6.65. The minimum Gasteiger partial charge on any atom is -0.378 e. The molecule has 0 unspecified atom stereocenters. The molecule has 0 saturated heterocycles. The van der Waals surface area contributed by atoms with Crippen LogP contribution in [0.3, 0.4) is 0 Å². The van der Waals surface area contributed by atoms with E-state index in [2.05, 4.69) is 16.6 Å². The average Bonchev–Trinajstić information content (AvgIpc) is 2.45. The third-order valence-electron chi connectivity index (χ3n) is 3.68. The zero-order chi connectivity index (χ0) is 15.3. The lowest BCUT2D eigenvalue weighted by Crippen LogP contribution is -2.30. The fraction of sp³-hybridized carbons (Fsp3) is 0.500. The van der Waals surface area contributed by atoms with Gasteiger partial charge in [0.25, 0.3) is 0 Å². The molecule has 1 aliphatic rings. The summed E-state index contributed by atoms with van der Waals surface area (Å²) in [5.41, 5.74) is 0.0707. The van der Waals surface area contributed by atoms with Gasteiger partial charge in [-0.25, -0.2) is 8.42 Å². The van der Waals surface area contributed by atoms with Crippen LogP contribution >= 0.6 is 0 Å². The molecule has 4 nitrogen and oxygen atoms in total. The molecule has 2 N–H and O–H groups in total. The highest BCUT2D eigenvalue weighted by atomic mass is 32.2. The molecule has 1 aromatic carbocycles. The van der Waals surface area contributed by atoms with E-state index in [9.17, 15) is 13.5 Å². The van der Waals surface area contributed by atoms with E-state index in [1.165, 1.54) is 0 Å². The number of hydrogen-bond donors (Lipinski definition) is 2. The first kappa shape index (κ1) is 16.0. The van der Waals surface area contributed by atoms with Crippen molar-refractivity contribution in [1.29, 1.82) is 0 Å². The predicted octanol–water partition coefficient (Wildman–Crippen LogP) is 1.97. The molecule has 2 rings (SSSR count). The molecule has 21 heavy (non-hydrogen) atoms. The second-order valence-electron chi connectivity index (χ2n) is 5.53. The normalized spacial score (nSPS) is 17.8. The van der Waals surface area contributed by atoms with Gasteiger partial charge in [-0.3, -0.25) is 0 Å². The molecule has 0 atom stereocenters. The maximum absolute atomic E-state index is 12.0. The Balaban J connectivity index is 1.95. The molecule has 0 aromatic heterocycles. The van der Waals surface area contributed by atoms with Crippen molar-refractivity contribution < 1.29 is 13.5 Å². The molecule has 1 aliphatic carbocycles. The molecule has 0 amide bonds. The van der Waals surface area contributed by atoms with Gasteiger partial charge < -0.3 is 5.11 Å². The number of sulfonamides is 1. The van der Waals surface area contributed by atoms with Crippen molar-refractivity contribution in [3.05, 3.63) is 29.8 Å². The fourth-order valence-electron chi connectivity index (χ4n) is 2.40. The van der Waals surface area contributed by atoms with E-state index < -0.39 is 15.6 Å². The SMILES string of the molecule is Cc1ccc(S(=O)(=O)NCC#CC2(O)CCCCC2)cc1. The van der Waals surface area contributed by atoms with Gasteiger partial charge in [-0.15, -0.1) is 0 Å². The topological polar surface area (TPSA) is 66.4 Å². The van der Waals surface area contributed by atoms with Crippen LogP contribution in [0.1, 0.15) is 37.7 Å². The van der Waals surface area contributed by atoms with Crippen LogP contribution in [-0.4, -0.2) is 25.7 Å². The molecule has 0 bridgehead atoms. The summed E-state index contributed by atoms with van der Waals surface area (Å²) < 4.78 is 26.5. The Morgan fingerprint density at radius 1 is 1.19 bits per heavy atom. The van der Waals surface area contributed by atoms with Crippen molar-refractivity contribution in [3.8, 4) is 11.8 Å². The number of benzene rings is 1. The Kier molecular flexibility index (Phi) is 5.04. The minimum absolute atomic E-state index is 0.0124. The molecular formula is C16H21NO3S. The van der Waals surface area contributed by atoms with Gasteiger partial charge in [0, 0.05) is 0 Å². The summed E-state index contributed by atoms with van der Waals surface area (Å²) in [6.07, 6.45) is 4.42. The maximum atomic E-state index is 12.0. The molecule has 1 aromatic rings. The number of aliphatic hydroxyl groups is 1. The molecule has 0 spiro atoms. The van der Waals surface area contributed by atoms with Gasteiger partial charge in [0.15, 0.2) is 0 Å². The molecule has 5 heteroatoms. The van der Waals surface area contributed by atoms with Gasteiger partial charge in [-0.1, -0.05) is 36.0 Å². The third kappa shape index (κ3) is 4.57. The standard InChI is InChI=1S/C16H21NO3S/c1-14-6-8-15(9-7-14)21(19,20)17-13-5-12-16(18)10-3-2-4-11-16/h6-9,17-18H,2-4,10-11,13H2,1H3. The van der Waals surface area contributed by atoms with E-state index in [1.54, 1.807) is 24.3 Å². The van der Waals surface area contributed by atoms with Crippen LogP contribution in [0.5, 0.6) is 0 Å². The summed E-state index contributed by atoms with van der Waals surface area (Å²) in [4.78, 5) is 0.228. The Hall–Kier alpha value is -1.35. The highest BCUT2D eigenvalue weighted by molar-refractivity contribution is 7.89. The first-order valence-electron chi connectivity index (χ1n) is 7.20. The van der Waals surface area contributed by atoms with Crippen LogP contribution in [0.15, 0.2) is 29.2 Å². The molecule has 1 fully saturated rings. The van der Waals surface area contributed by atoms with Crippen LogP contribution in [0.4, 0.5) is 0 Å². The minimum atomic E-state index is -3.53. The second kappa shape index (κ2) is 6.61. The summed E-state index contributed by atoms with van der Waals surface area (Å²) in [6.45, 7) is 1.92. The smallest absolute Gasteiger partial charge is 0.241 e. The molecule has 0 radical (unpaired) electrons. The van der Waals surface area contributed by atoms with Crippen molar-refractivity contribution in [2.45, 2.75) is 49.5 Å². The van der Waals surface area contributed by atoms with Crippen LogP contribution < -0.4 is 4.72 Å². The Morgan fingerprint density at radius 2 is 1.81 bits per heavy atom. The molecule has 1 saturated carbocycles. The number of rotatable bonds is 3. The highest BCUT2D eigenvalue weighted by Gasteiger charge is 2.26. The van der Waals surface area contributed by atoms with Gasteiger partial charge in [0.2, 0.25) is 10.0 Å². The largest absolute Gasteiger partial charge is 0.378 e. The Labute approximate surface area is 126 Å². The van der Waals surface area contributed by atoms with Crippen LogP contribution in [-0.2, 0) is 10.0 Å². The molecule has 114 valence electrons. The van der Waals surface area contributed by atoms with E-state index >= 15 is 0 Å². The van der Waals surface area contributed by atoms with Gasteiger partial charge >= 0.3 is 0 Å². The molecule has 0 aliphatic heterocycles. The molecule has 0 heterocycles. The van der Waals surface area contributed by atoms with E-state index in [1.807, 2.05) is 6.92 Å². The van der Waals surface area contributed by atoms with Gasteiger partial charge in [0.1, 0.15) is 5.60 Å².